The predicted molar refractivity (Wildman–Crippen MR) is 109 cm³/mol. The Bertz CT molecular complexity index is 968. The molecule has 1 aromatic carbocycles. The number of aryl methyl sites for hydroxylation is 1. The normalized spacial score (nSPS) is 13.4. The van der Waals surface area contributed by atoms with E-state index in [1.807, 2.05) is 0 Å². The molecule has 0 saturated carbocycles. The van der Waals surface area contributed by atoms with Crippen molar-refractivity contribution in [3.8, 4) is 0 Å². The Labute approximate surface area is 172 Å². The zero-order valence-corrected chi connectivity index (χ0v) is 17.5. The number of hydrogen-bond donors (Lipinski definition) is 1. The molecule has 0 saturated heterocycles. The summed E-state index contributed by atoms with van der Waals surface area (Å²) in [5.74, 6) is -1.48. The largest absolute Gasteiger partial charge is 0.460 e. The SMILES string of the molecule is Cc1cc(NC(=O)C(C)(C)C)sc1C(=O)OCCN1C(=O)c2ccccc2C1=O. The second-order valence-corrected chi connectivity index (χ2v) is 8.82. The Balaban J connectivity index is 1.59. The third-order valence-electron chi connectivity index (χ3n) is 4.45. The molecule has 2 heterocycles. The molecule has 2 aromatic rings. The highest BCUT2D eigenvalue weighted by atomic mass is 32.1. The van der Waals surface area contributed by atoms with E-state index in [0.717, 1.165) is 16.2 Å². The highest BCUT2D eigenvalue weighted by Gasteiger charge is 2.35. The molecule has 29 heavy (non-hydrogen) atoms. The van der Waals surface area contributed by atoms with Gasteiger partial charge in [0.25, 0.3) is 11.8 Å². The molecular weight excluding hydrogens is 392 g/mol. The summed E-state index contributed by atoms with van der Waals surface area (Å²) in [5.41, 5.74) is 0.851. The maximum atomic E-state index is 12.4. The second kappa shape index (κ2) is 7.79. The van der Waals surface area contributed by atoms with E-state index in [4.69, 9.17) is 4.74 Å². The molecule has 0 radical (unpaired) electrons. The van der Waals surface area contributed by atoms with Crippen LogP contribution < -0.4 is 5.32 Å². The van der Waals surface area contributed by atoms with E-state index in [9.17, 15) is 19.2 Å². The number of esters is 1. The molecule has 152 valence electrons. The number of nitrogens with zero attached hydrogens (tertiary/aromatic N) is 1. The van der Waals surface area contributed by atoms with Gasteiger partial charge in [0.05, 0.1) is 22.7 Å². The summed E-state index contributed by atoms with van der Waals surface area (Å²) < 4.78 is 5.26. The highest BCUT2D eigenvalue weighted by molar-refractivity contribution is 7.18. The first-order chi connectivity index (χ1) is 13.6. The first kappa shape index (κ1) is 20.7. The van der Waals surface area contributed by atoms with Gasteiger partial charge in [0.2, 0.25) is 5.91 Å². The van der Waals surface area contributed by atoms with Crippen molar-refractivity contribution >= 4 is 40.0 Å². The average Bonchev–Trinajstić information content (AvgIpc) is 3.13. The monoisotopic (exact) mass is 414 g/mol. The van der Waals surface area contributed by atoms with Gasteiger partial charge in [-0.2, -0.15) is 0 Å². The Morgan fingerprint density at radius 3 is 2.24 bits per heavy atom. The second-order valence-electron chi connectivity index (χ2n) is 7.77. The molecule has 0 bridgehead atoms. The van der Waals surface area contributed by atoms with Gasteiger partial charge in [-0.05, 0) is 30.7 Å². The smallest absolute Gasteiger partial charge is 0.348 e. The van der Waals surface area contributed by atoms with Gasteiger partial charge in [-0.3, -0.25) is 19.3 Å². The van der Waals surface area contributed by atoms with Crippen molar-refractivity contribution < 1.29 is 23.9 Å². The van der Waals surface area contributed by atoms with Gasteiger partial charge in [0, 0.05) is 5.41 Å². The molecule has 1 aliphatic rings. The molecular formula is C21H22N2O5S. The Morgan fingerprint density at radius 1 is 1.10 bits per heavy atom. The minimum atomic E-state index is -0.555. The average molecular weight is 414 g/mol. The number of hydrogen-bond acceptors (Lipinski definition) is 6. The van der Waals surface area contributed by atoms with Crippen molar-refractivity contribution in [2.24, 2.45) is 5.41 Å². The minimum absolute atomic E-state index is 0.0177. The van der Waals surface area contributed by atoms with E-state index in [1.165, 1.54) is 0 Å². The molecule has 3 rings (SSSR count). The van der Waals surface area contributed by atoms with Gasteiger partial charge in [-0.25, -0.2) is 4.79 Å². The maximum Gasteiger partial charge on any atom is 0.348 e. The lowest BCUT2D eigenvalue weighted by Gasteiger charge is -2.16. The topological polar surface area (TPSA) is 92.8 Å². The van der Waals surface area contributed by atoms with Crippen LogP contribution in [-0.4, -0.2) is 41.7 Å². The summed E-state index contributed by atoms with van der Waals surface area (Å²) in [4.78, 5) is 50.6. The van der Waals surface area contributed by atoms with Crippen molar-refractivity contribution in [1.82, 2.24) is 4.90 Å². The molecule has 8 heteroatoms. The summed E-state index contributed by atoms with van der Waals surface area (Å²) >= 11 is 1.13. The standard InChI is InChI=1S/C21H22N2O5S/c1-12-11-15(22-20(27)21(2,3)4)29-16(12)19(26)28-10-9-23-17(24)13-7-5-6-8-14(13)18(23)25/h5-8,11H,9-10H2,1-4H3,(H,22,27). The van der Waals surface area contributed by atoms with Crippen LogP contribution >= 0.6 is 11.3 Å². The highest BCUT2D eigenvalue weighted by Crippen LogP contribution is 2.29. The maximum absolute atomic E-state index is 12.4. The predicted octanol–water partition coefficient (Wildman–Crippen LogP) is 3.49. The van der Waals surface area contributed by atoms with E-state index in [-0.39, 0.29) is 30.9 Å². The lowest BCUT2D eigenvalue weighted by atomic mass is 9.96. The van der Waals surface area contributed by atoms with Crippen LogP contribution in [0.4, 0.5) is 5.00 Å². The molecule has 0 unspecified atom stereocenters. The summed E-state index contributed by atoms with van der Waals surface area (Å²) in [6.45, 7) is 7.04. The van der Waals surface area contributed by atoms with Crippen LogP contribution in [0.25, 0.3) is 0 Å². The van der Waals surface area contributed by atoms with Crippen molar-refractivity contribution in [2.45, 2.75) is 27.7 Å². The van der Waals surface area contributed by atoms with Gasteiger partial charge < -0.3 is 10.1 Å². The minimum Gasteiger partial charge on any atom is -0.460 e. The van der Waals surface area contributed by atoms with E-state index in [2.05, 4.69) is 5.32 Å². The number of benzene rings is 1. The third-order valence-corrected chi connectivity index (χ3v) is 5.58. The lowest BCUT2D eigenvalue weighted by molar-refractivity contribution is -0.123. The Kier molecular flexibility index (Phi) is 5.57. The molecule has 1 N–H and O–H groups in total. The number of anilines is 1. The fourth-order valence-electron chi connectivity index (χ4n) is 2.78. The van der Waals surface area contributed by atoms with Gasteiger partial charge in [-0.1, -0.05) is 32.9 Å². The fraction of sp³-hybridized carbons (Fsp3) is 0.333. The number of amides is 3. The van der Waals surface area contributed by atoms with Crippen molar-refractivity contribution in [3.05, 3.63) is 51.9 Å². The van der Waals surface area contributed by atoms with Gasteiger partial charge in [0.15, 0.2) is 0 Å². The number of rotatable bonds is 5. The Hall–Kier alpha value is -3.00. The van der Waals surface area contributed by atoms with E-state index >= 15 is 0 Å². The quantitative estimate of drug-likeness (QED) is 0.597. The van der Waals surface area contributed by atoms with Crippen LogP contribution in [0.3, 0.4) is 0 Å². The summed E-state index contributed by atoms with van der Waals surface area (Å²) in [6, 6.07) is 8.31. The van der Waals surface area contributed by atoms with Crippen LogP contribution in [0, 0.1) is 12.3 Å². The molecule has 1 aliphatic heterocycles. The lowest BCUT2D eigenvalue weighted by Crippen LogP contribution is -2.33. The van der Waals surface area contributed by atoms with Crippen LogP contribution in [0.15, 0.2) is 30.3 Å². The Morgan fingerprint density at radius 2 is 1.69 bits per heavy atom. The zero-order chi connectivity index (χ0) is 21.3. The summed E-state index contributed by atoms with van der Waals surface area (Å²) in [7, 11) is 0. The number of fused-ring (bicyclic) bond motifs is 1. The van der Waals surface area contributed by atoms with Crippen molar-refractivity contribution in [3.63, 3.8) is 0 Å². The number of ether oxygens (including phenoxy) is 1. The van der Waals surface area contributed by atoms with Gasteiger partial charge in [0.1, 0.15) is 11.5 Å². The number of imide groups is 1. The van der Waals surface area contributed by atoms with Crippen molar-refractivity contribution in [2.75, 3.05) is 18.5 Å². The van der Waals surface area contributed by atoms with Crippen molar-refractivity contribution in [1.29, 1.82) is 0 Å². The number of carbonyl (C=O) groups excluding carboxylic acids is 4. The van der Waals surface area contributed by atoms with Crippen LogP contribution in [0.1, 0.15) is 56.7 Å². The molecule has 1 aromatic heterocycles. The molecule has 7 nitrogen and oxygen atoms in total. The van der Waals surface area contributed by atoms with Crippen LogP contribution in [0.2, 0.25) is 0 Å². The van der Waals surface area contributed by atoms with E-state index < -0.39 is 11.4 Å². The number of thiophene rings is 1. The van der Waals surface area contributed by atoms with Crippen LogP contribution in [-0.2, 0) is 9.53 Å². The molecule has 0 spiro atoms. The molecule has 0 atom stereocenters. The first-order valence-corrected chi connectivity index (χ1v) is 9.95. The summed E-state index contributed by atoms with van der Waals surface area (Å²) in [6.07, 6.45) is 0. The molecule has 3 amide bonds. The number of carbonyl (C=O) groups is 4. The fourth-order valence-corrected chi connectivity index (χ4v) is 3.74. The van der Waals surface area contributed by atoms with Crippen LogP contribution in [0.5, 0.6) is 0 Å². The molecule has 0 fully saturated rings. The molecule has 0 aliphatic carbocycles. The van der Waals surface area contributed by atoms with E-state index in [1.54, 1.807) is 58.0 Å². The van der Waals surface area contributed by atoms with E-state index in [0.29, 0.717) is 26.6 Å². The first-order valence-electron chi connectivity index (χ1n) is 9.14. The third kappa shape index (κ3) is 4.22. The summed E-state index contributed by atoms with van der Waals surface area (Å²) in [5, 5.41) is 3.36. The number of nitrogens with one attached hydrogen (secondary N) is 1. The zero-order valence-electron chi connectivity index (χ0n) is 16.7. The van der Waals surface area contributed by atoms with Gasteiger partial charge in [-0.15, -0.1) is 11.3 Å². The van der Waals surface area contributed by atoms with Gasteiger partial charge >= 0.3 is 5.97 Å².